The molecule has 0 saturated carbocycles. The minimum absolute atomic E-state index is 0.144. The number of ketones is 1. The van der Waals surface area contributed by atoms with Crippen LogP contribution in [0.5, 0.6) is 11.5 Å². The lowest BCUT2D eigenvalue weighted by Crippen LogP contribution is -3.27. The Morgan fingerprint density at radius 2 is 1.86 bits per heavy atom. The van der Waals surface area contributed by atoms with Gasteiger partial charge in [0.1, 0.15) is 45.0 Å². The largest absolute Gasteiger partial charge is 0.507 e. The van der Waals surface area contributed by atoms with Crippen molar-refractivity contribution < 1.29 is 29.5 Å². The number of ether oxygens (including phenoxy) is 1. The Kier molecular flexibility index (Phi) is 5.67. The Bertz CT molecular complexity index is 946. The average Bonchev–Trinajstić information content (AvgIpc) is 3.01. The van der Waals surface area contributed by atoms with E-state index in [-0.39, 0.29) is 18.1 Å². The number of hydrogen-bond donors (Lipinski definition) is 4. The van der Waals surface area contributed by atoms with Crippen LogP contribution in [0.15, 0.2) is 42.2 Å². The number of aromatic hydroxyl groups is 1. The molecule has 4 N–H and O–H groups in total. The number of nitrogens with one attached hydrogen (secondary N) is 2. The summed E-state index contributed by atoms with van der Waals surface area (Å²) in [5.41, 5.74) is 3.25. The van der Waals surface area contributed by atoms with Crippen LogP contribution >= 0.6 is 0 Å². The quantitative estimate of drug-likeness (QED) is 0.519. The predicted molar refractivity (Wildman–Crippen MR) is 109 cm³/mol. The molecule has 0 bridgehead atoms. The zero-order valence-electron chi connectivity index (χ0n) is 16.7. The maximum atomic E-state index is 12.8. The Morgan fingerprint density at radius 3 is 2.59 bits per heavy atom. The summed E-state index contributed by atoms with van der Waals surface area (Å²) in [4.78, 5) is 15.6. The van der Waals surface area contributed by atoms with Crippen LogP contribution in [0.1, 0.15) is 27.0 Å². The molecule has 2 aliphatic heterocycles. The molecule has 0 atom stereocenters. The first kappa shape index (κ1) is 19.6. The van der Waals surface area contributed by atoms with Gasteiger partial charge in [0.25, 0.3) is 0 Å². The number of hydrogen-bond acceptors (Lipinski definition) is 4. The van der Waals surface area contributed by atoms with Crippen LogP contribution in [0.4, 0.5) is 0 Å². The number of rotatable bonds is 5. The van der Waals surface area contributed by atoms with Gasteiger partial charge < -0.3 is 24.7 Å². The van der Waals surface area contributed by atoms with Crippen LogP contribution in [0.2, 0.25) is 0 Å². The van der Waals surface area contributed by atoms with Crippen molar-refractivity contribution in [3.63, 3.8) is 0 Å². The maximum absolute atomic E-state index is 12.8. The van der Waals surface area contributed by atoms with Crippen molar-refractivity contribution in [2.45, 2.75) is 13.5 Å². The van der Waals surface area contributed by atoms with Crippen LogP contribution < -0.4 is 14.5 Å². The molecule has 0 aromatic heterocycles. The molecule has 0 aliphatic carbocycles. The molecule has 0 unspecified atom stereocenters. The third-order valence-electron chi connectivity index (χ3n) is 5.81. The fraction of sp³-hybridized carbons (Fsp3) is 0.348. The van der Waals surface area contributed by atoms with Crippen LogP contribution in [0, 0.1) is 6.92 Å². The van der Waals surface area contributed by atoms with Crippen molar-refractivity contribution in [2.75, 3.05) is 39.3 Å². The lowest BCUT2D eigenvalue weighted by atomic mass is 10.0. The molecular weight excluding hydrogens is 368 g/mol. The van der Waals surface area contributed by atoms with E-state index >= 15 is 0 Å². The zero-order chi connectivity index (χ0) is 20.4. The van der Waals surface area contributed by atoms with E-state index in [9.17, 15) is 9.90 Å². The number of allylic oxidation sites excluding steroid dienone is 1. The number of quaternary nitrogens is 2. The van der Waals surface area contributed by atoms with E-state index in [1.807, 2.05) is 31.2 Å². The highest BCUT2D eigenvalue weighted by Crippen LogP contribution is 2.39. The minimum Gasteiger partial charge on any atom is -0.507 e. The number of phenolic OH excluding ortho intramolecular Hbond substituents is 1. The van der Waals surface area contributed by atoms with Crippen molar-refractivity contribution >= 4 is 11.9 Å². The summed E-state index contributed by atoms with van der Waals surface area (Å²) < 4.78 is 5.98. The van der Waals surface area contributed by atoms with Crippen LogP contribution in [0.25, 0.3) is 6.08 Å². The Morgan fingerprint density at radius 1 is 1.10 bits per heavy atom. The Labute approximate surface area is 170 Å². The van der Waals surface area contributed by atoms with Crippen molar-refractivity contribution in [1.82, 2.24) is 0 Å². The lowest BCUT2D eigenvalue weighted by molar-refractivity contribution is -1.02. The van der Waals surface area contributed by atoms with E-state index in [0.717, 1.165) is 43.9 Å². The minimum atomic E-state index is -0.144. The molecule has 0 spiro atoms. The summed E-state index contributed by atoms with van der Waals surface area (Å²) in [7, 11) is 0. The van der Waals surface area contributed by atoms with E-state index in [1.54, 1.807) is 18.2 Å². The maximum Gasteiger partial charge on any atom is 0.231 e. The number of piperazine rings is 1. The van der Waals surface area contributed by atoms with Crippen LogP contribution in [0.3, 0.4) is 0 Å². The molecule has 6 heteroatoms. The van der Waals surface area contributed by atoms with Gasteiger partial charge in [-0.05, 0) is 30.7 Å². The van der Waals surface area contributed by atoms with Crippen molar-refractivity contribution in [1.29, 1.82) is 0 Å². The van der Waals surface area contributed by atoms with Gasteiger partial charge >= 0.3 is 0 Å². The highest BCUT2D eigenvalue weighted by molar-refractivity contribution is 6.15. The second-order valence-electron chi connectivity index (χ2n) is 7.94. The van der Waals surface area contributed by atoms with Crippen LogP contribution in [-0.4, -0.2) is 55.3 Å². The number of benzene rings is 2. The van der Waals surface area contributed by atoms with E-state index in [0.29, 0.717) is 29.2 Å². The van der Waals surface area contributed by atoms with Gasteiger partial charge in [-0.15, -0.1) is 0 Å². The molecule has 1 fully saturated rings. The standard InChI is InChI=1S/C23H26N2O4/c1-16-3-2-4-17(13-16)14-21-22(28)18-5-6-20(27)19(23(18)29-21)15-25-9-7-24(8-10-25)11-12-26/h2-6,13-14,26-27H,7-12,15H2,1H3/p+2/b21-14+. The Balaban J connectivity index is 1.55. The summed E-state index contributed by atoms with van der Waals surface area (Å²) in [5.74, 6) is 0.817. The fourth-order valence-electron chi connectivity index (χ4n) is 4.17. The number of fused-ring (bicyclic) bond motifs is 1. The van der Waals surface area contributed by atoms with Gasteiger partial charge in [-0.1, -0.05) is 29.8 Å². The first-order valence-corrected chi connectivity index (χ1v) is 10.2. The van der Waals surface area contributed by atoms with Crippen molar-refractivity contribution in [3.05, 3.63) is 64.4 Å². The first-order valence-electron chi connectivity index (χ1n) is 10.2. The smallest absolute Gasteiger partial charge is 0.231 e. The molecule has 2 heterocycles. The van der Waals surface area contributed by atoms with E-state index in [4.69, 9.17) is 9.84 Å². The summed E-state index contributed by atoms with van der Waals surface area (Å²) >= 11 is 0. The van der Waals surface area contributed by atoms with E-state index in [2.05, 4.69) is 0 Å². The second-order valence-corrected chi connectivity index (χ2v) is 7.94. The van der Waals surface area contributed by atoms with Crippen molar-refractivity contribution in [2.24, 2.45) is 0 Å². The first-order chi connectivity index (χ1) is 14.0. The molecule has 152 valence electrons. The zero-order valence-corrected chi connectivity index (χ0v) is 16.7. The van der Waals surface area contributed by atoms with Gasteiger partial charge in [-0.3, -0.25) is 4.79 Å². The number of aryl methyl sites for hydroxylation is 1. The average molecular weight is 396 g/mol. The number of carbonyl (C=O) groups excluding carboxylic acids is 1. The number of phenols is 1. The molecule has 2 aromatic carbocycles. The van der Waals surface area contributed by atoms with E-state index in [1.165, 1.54) is 9.80 Å². The molecule has 4 rings (SSSR count). The molecule has 1 saturated heterocycles. The highest BCUT2D eigenvalue weighted by atomic mass is 16.5. The summed E-state index contributed by atoms with van der Waals surface area (Å²) in [6.07, 6.45) is 1.76. The lowest BCUT2D eigenvalue weighted by Gasteiger charge is -2.29. The molecular formula is C23H28N2O4+2. The second kappa shape index (κ2) is 8.37. The Hall–Kier alpha value is -2.67. The number of aliphatic hydroxyl groups excluding tert-OH is 1. The molecule has 2 aromatic rings. The van der Waals surface area contributed by atoms with Gasteiger partial charge in [0.15, 0.2) is 11.5 Å². The van der Waals surface area contributed by atoms with Gasteiger partial charge in [-0.2, -0.15) is 0 Å². The van der Waals surface area contributed by atoms with E-state index < -0.39 is 0 Å². The SMILES string of the molecule is Cc1cccc(/C=C2/Oc3c(ccc(O)c3C[NH+]3CC[NH+](CCO)CC3)C2=O)c1. The molecule has 2 aliphatic rings. The predicted octanol–water partition coefficient (Wildman–Crippen LogP) is -0.407. The van der Waals surface area contributed by atoms with Crippen LogP contribution in [-0.2, 0) is 6.54 Å². The third kappa shape index (κ3) is 4.19. The van der Waals surface area contributed by atoms with Gasteiger partial charge in [0.2, 0.25) is 5.78 Å². The molecule has 0 radical (unpaired) electrons. The normalized spacial score (nSPS) is 22.6. The van der Waals surface area contributed by atoms with Crippen molar-refractivity contribution in [3.8, 4) is 11.5 Å². The van der Waals surface area contributed by atoms with Gasteiger partial charge in [0.05, 0.1) is 17.7 Å². The number of aliphatic hydroxyl groups is 1. The molecule has 29 heavy (non-hydrogen) atoms. The monoisotopic (exact) mass is 396 g/mol. The third-order valence-corrected chi connectivity index (χ3v) is 5.81. The number of Topliss-reactive ketones (excluding diaryl/α,β-unsaturated/α-hetero) is 1. The summed E-state index contributed by atoms with van der Waals surface area (Å²) in [6.45, 7) is 7.51. The number of carbonyl (C=O) groups is 1. The summed E-state index contributed by atoms with van der Waals surface area (Å²) in [6, 6.07) is 11.1. The fourth-order valence-corrected chi connectivity index (χ4v) is 4.17. The topological polar surface area (TPSA) is 75.6 Å². The van der Waals surface area contributed by atoms with Gasteiger partial charge in [0, 0.05) is 0 Å². The van der Waals surface area contributed by atoms with Gasteiger partial charge in [-0.25, -0.2) is 0 Å². The summed E-state index contributed by atoms with van der Waals surface area (Å²) in [5, 5.41) is 19.6. The molecule has 6 nitrogen and oxygen atoms in total. The highest BCUT2D eigenvalue weighted by Gasteiger charge is 2.33. The molecule has 0 amide bonds.